The summed E-state index contributed by atoms with van der Waals surface area (Å²) in [6, 6.07) is 0. The second-order valence-electron chi connectivity index (χ2n) is 2.28. The SMILES string of the molecule is Cc1c(Br)c(C(=O)O)nn1C(F)F. The summed E-state index contributed by atoms with van der Waals surface area (Å²) in [5.74, 6) is -1.34. The van der Waals surface area contributed by atoms with E-state index in [1.807, 2.05) is 0 Å². The normalized spacial score (nSPS) is 10.8. The first-order valence-corrected chi connectivity index (χ1v) is 4.00. The van der Waals surface area contributed by atoms with Gasteiger partial charge in [-0.15, -0.1) is 0 Å². The maximum atomic E-state index is 12.2. The summed E-state index contributed by atoms with van der Waals surface area (Å²) in [5, 5.41) is 11.8. The third kappa shape index (κ3) is 1.69. The van der Waals surface area contributed by atoms with Crippen LogP contribution in [0, 0.1) is 6.92 Å². The van der Waals surface area contributed by atoms with Gasteiger partial charge in [0.1, 0.15) is 0 Å². The predicted octanol–water partition coefficient (Wildman–Crippen LogP) is 2.05. The lowest BCUT2D eigenvalue weighted by molar-refractivity contribution is 0.0526. The largest absolute Gasteiger partial charge is 0.476 e. The Morgan fingerprint density at radius 2 is 2.23 bits per heavy atom. The Hall–Kier alpha value is -0.980. The topological polar surface area (TPSA) is 55.1 Å². The summed E-state index contributed by atoms with van der Waals surface area (Å²) < 4.78 is 24.8. The minimum atomic E-state index is -2.83. The van der Waals surface area contributed by atoms with E-state index in [4.69, 9.17) is 5.11 Å². The van der Waals surface area contributed by atoms with Gasteiger partial charge in [0.25, 0.3) is 0 Å². The molecule has 72 valence electrons. The van der Waals surface area contributed by atoms with Crippen LogP contribution in [0.5, 0.6) is 0 Å². The zero-order valence-electron chi connectivity index (χ0n) is 6.46. The molecule has 13 heavy (non-hydrogen) atoms. The summed E-state index contributed by atoms with van der Waals surface area (Å²) in [6.07, 6.45) is 0. The highest BCUT2D eigenvalue weighted by molar-refractivity contribution is 9.10. The van der Waals surface area contributed by atoms with Gasteiger partial charge in [0.05, 0.1) is 10.2 Å². The lowest BCUT2D eigenvalue weighted by Crippen LogP contribution is -2.04. The highest BCUT2D eigenvalue weighted by Gasteiger charge is 2.21. The summed E-state index contributed by atoms with van der Waals surface area (Å²) in [7, 11) is 0. The number of alkyl halides is 2. The molecule has 0 atom stereocenters. The Balaban J connectivity index is 3.28. The molecule has 0 unspecified atom stereocenters. The van der Waals surface area contributed by atoms with Crippen LogP contribution in [0.4, 0.5) is 8.78 Å². The molecule has 0 aliphatic heterocycles. The first-order chi connectivity index (χ1) is 5.95. The molecular formula is C6H5BrF2N2O2. The van der Waals surface area contributed by atoms with E-state index in [-0.39, 0.29) is 10.2 Å². The average molecular weight is 255 g/mol. The predicted molar refractivity (Wildman–Crippen MR) is 42.9 cm³/mol. The summed E-state index contributed by atoms with van der Waals surface area (Å²) in [4.78, 5) is 10.5. The molecule has 4 nitrogen and oxygen atoms in total. The van der Waals surface area contributed by atoms with Gasteiger partial charge >= 0.3 is 12.5 Å². The fraction of sp³-hybridized carbons (Fsp3) is 0.333. The first kappa shape index (κ1) is 10.1. The van der Waals surface area contributed by atoms with Crippen LogP contribution in [0.3, 0.4) is 0 Å². The average Bonchev–Trinajstić information content (AvgIpc) is 2.29. The fourth-order valence-corrected chi connectivity index (χ4v) is 1.26. The molecule has 0 aliphatic carbocycles. The van der Waals surface area contributed by atoms with Gasteiger partial charge < -0.3 is 5.11 Å². The van der Waals surface area contributed by atoms with Gasteiger partial charge in [-0.1, -0.05) is 0 Å². The monoisotopic (exact) mass is 254 g/mol. The number of hydrogen-bond donors (Lipinski definition) is 1. The molecule has 1 heterocycles. The third-order valence-electron chi connectivity index (χ3n) is 1.46. The second kappa shape index (κ2) is 3.41. The smallest absolute Gasteiger partial charge is 0.357 e. The molecule has 0 spiro atoms. The number of aromatic nitrogens is 2. The standard InChI is InChI=1S/C6H5BrF2N2O2/c1-2-3(7)4(5(12)13)10-11(2)6(8)9/h6H,1H3,(H,12,13). The van der Waals surface area contributed by atoms with Crippen molar-refractivity contribution in [2.24, 2.45) is 0 Å². The van der Waals surface area contributed by atoms with Crippen LogP contribution in [0.25, 0.3) is 0 Å². The van der Waals surface area contributed by atoms with E-state index >= 15 is 0 Å². The van der Waals surface area contributed by atoms with Crippen molar-refractivity contribution in [3.8, 4) is 0 Å². The van der Waals surface area contributed by atoms with Crippen LogP contribution in [0.2, 0.25) is 0 Å². The molecule has 0 aromatic carbocycles. The molecule has 0 saturated carbocycles. The molecule has 1 aromatic heterocycles. The molecule has 1 rings (SSSR count). The van der Waals surface area contributed by atoms with Crippen molar-refractivity contribution in [2.75, 3.05) is 0 Å². The molecule has 0 fully saturated rings. The van der Waals surface area contributed by atoms with Gasteiger partial charge in [0, 0.05) is 0 Å². The van der Waals surface area contributed by atoms with Crippen molar-refractivity contribution in [2.45, 2.75) is 13.5 Å². The number of hydrogen-bond acceptors (Lipinski definition) is 2. The fourth-order valence-electron chi connectivity index (χ4n) is 0.825. The molecule has 7 heteroatoms. The Labute approximate surface area is 80.3 Å². The molecule has 0 saturated heterocycles. The van der Waals surface area contributed by atoms with Gasteiger partial charge in [0.15, 0.2) is 5.69 Å². The van der Waals surface area contributed by atoms with Crippen molar-refractivity contribution >= 4 is 21.9 Å². The van der Waals surface area contributed by atoms with Crippen molar-refractivity contribution < 1.29 is 18.7 Å². The van der Waals surface area contributed by atoms with Crippen LogP contribution >= 0.6 is 15.9 Å². The molecular weight excluding hydrogens is 250 g/mol. The Kier molecular flexibility index (Phi) is 2.65. The van der Waals surface area contributed by atoms with E-state index in [1.165, 1.54) is 6.92 Å². The highest BCUT2D eigenvalue weighted by Crippen LogP contribution is 2.24. The van der Waals surface area contributed by atoms with E-state index in [9.17, 15) is 13.6 Å². The van der Waals surface area contributed by atoms with Gasteiger partial charge in [-0.3, -0.25) is 0 Å². The number of halogens is 3. The van der Waals surface area contributed by atoms with E-state index in [2.05, 4.69) is 21.0 Å². The molecule has 0 aliphatic rings. The third-order valence-corrected chi connectivity index (χ3v) is 2.41. The Morgan fingerprint density at radius 3 is 2.46 bits per heavy atom. The highest BCUT2D eigenvalue weighted by atomic mass is 79.9. The minimum Gasteiger partial charge on any atom is -0.476 e. The van der Waals surface area contributed by atoms with Crippen molar-refractivity contribution in [1.82, 2.24) is 9.78 Å². The minimum absolute atomic E-state index is 0.0836. The quantitative estimate of drug-likeness (QED) is 0.879. The molecule has 0 bridgehead atoms. The lowest BCUT2D eigenvalue weighted by Gasteiger charge is -1.99. The Bertz CT molecular complexity index is 351. The van der Waals surface area contributed by atoms with Gasteiger partial charge in [-0.25, -0.2) is 9.48 Å². The maximum Gasteiger partial charge on any atom is 0.357 e. The van der Waals surface area contributed by atoms with Gasteiger partial charge in [-0.05, 0) is 22.9 Å². The van der Waals surface area contributed by atoms with Crippen LogP contribution in [-0.2, 0) is 0 Å². The number of nitrogens with zero attached hydrogens (tertiary/aromatic N) is 2. The van der Waals surface area contributed by atoms with E-state index in [0.717, 1.165) is 0 Å². The lowest BCUT2D eigenvalue weighted by atomic mass is 10.4. The van der Waals surface area contributed by atoms with Crippen LogP contribution < -0.4 is 0 Å². The van der Waals surface area contributed by atoms with Gasteiger partial charge in [-0.2, -0.15) is 13.9 Å². The summed E-state index contributed by atoms with van der Waals surface area (Å²) >= 11 is 2.87. The second-order valence-corrected chi connectivity index (χ2v) is 3.07. The number of rotatable bonds is 2. The van der Waals surface area contributed by atoms with Crippen molar-refractivity contribution in [3.63, 3.8) is 0 Å². The summed E-state index contributed by atoms with van der Waals surface area (Å²) in [5.41, 5.74) is -0.315. The van der Waals surface area contributed by atoms with E-state index in [0.29, 0.717) is 4.68 Å². The first-order valence-electron chi connectivity index (χ1n) is 3.21. The van der Waals surface area contributed by atoms with Crippen LogP contribution in [-0.4, -0.2) is 20.9 Å². The Morgan fingerprint density at radius 1 is 1.69 bits per heavy atom. The zero-order chi connectivity index (χ0) is 10.2. The zero-order valence-corrected chi connectivity index (χ0v) is 8.05. The van der Waals surface area contributed by atoms with Gasteiger partial charge in [0.2, 0.25) is 0 Å². The van der Waals surface area contributed by atoms with Crippen LogP contribution in [0.1, 0.15) is 22.7 Å². The van der Waals surface area contributed by atoms with Crippen LogP contribution in [0.15, 0.2) is 4.47 Å². The summed E-state index contributed by atoms with van der Waals surface area (Å²) in [6.45, 7) is -1.47. The molecule has 0 amide bonds. The van der Waals surface area contributed by atoms with Crippen molar-refractivity contribution in [1.29, 1.82) is 0 Å². The van der Waals surface area contributed by atoms with Crippen molar-refractivity contribution in [3.05, 3.63) is 15.9 Å². The number of aromatic carboxylic acids is 1. The number of carboxylic acid groups (broad SMARTS) is 1. The van der Waals surface area contributed by atoms with E-state index in [1.54, 1.807) is 0 Å². The number of carbonyl (C=O) groups is 1. The maximum absolute atomic E-state index is 12.2. The molecule has 1 N–H and O–H groups in total. The van der Waals surface area contributed by atoms with E-state index < -0.39 is 18.2 Å². The molecule has 0 radical (unpaired) electrons. The number of carboxylic acids is 1. The molecule has 1 aromatic rings.